The number of ether oxygens (including phenoxy) is 1. The first-order valence-corrected chi connectivity index (χ1v) is 5.09. The van der Waals surface area contributed by atoms with Crippen molar-refractivity contribution in [3.63, 3.8) is 0 Å². The van der Waals surface area contributed by atoms with Crippen LogP contribution in [0.15, 0.2) is 15.8 Å². The molecular formula is C9H11FN2O6. The highest BCUT2D eigenvalue weighted by molar-refractivity contribution is 4.93. The number of aliphatic hydroxyl groups is 3. The van der Waals surface area contributed by atoms with E-state index in [-0.39, 0.29) is 0 Å². The summed E-state index contributed by atoms with van der Waals surface area (Å²) in [5, 5.41) is 28.3. The Morgan fingerprint density at radius 2 is 2.00 bits per heavy atom. The van der Waals surface area contributed by atoms with Crippen molar-refractivity contribution in [1.82, 2.24) is 9.55 Å². The average Bonchev–Trinajstić information content (AvgIpc) is 2.34. The summed E-state index contributed by atoms with van der Waals surface area (Å²) < 4.78 is 18.3. The highest BCUT2D eigenvalue weighted by Gasteiger charge is 2.40. The van der Waals surface area contributed by atoms with Crippen LogP contribution in [0.25, 0.3) is 0 Å². The molecule has 1 saturated heterocycles. The number of nitrogens with zero attached hydrogens (tertiary/aromatic N) is 1. The number of hydrogen-bond donors (Lipinski definition) is 4. The minimum atomic E-state index is -1.73. The van der Waals surface area contributed by atoms with Crippen LogP contribution in [0.1, 0.15) is 6.23 Å². The summed E-state index contributed by atoms with van der Waals surface area (Å²) in [6.07, 6.45) is -5.65. The number of hydrogen-bond acceptors (Lipinski definition) is 6. The van der Waals surface area contributed by atoms with E-state index in [9.17, 15) is 29.3 Å². The third-order valence-corrected chi connectivity index (χ3v) is 2.69. The van der Waals surface area contributed by atoms with Crippen LogP contribution in [0.4, 0.5) is 4.39 Å². The lowest BCUT2D eigenvalue weighted by molar-refractivity contribution is -0.212. The van der Waals surface area contributed by atoms with E-state index in [1.807, 2.05) is 4.98 Å². The molecule has 1 aliphatic heterocycles. The van der Waals surface area contributed by atoms with E-state index in [2.05, 4.69) is 0 Å². The van der Waals surface area contributed by atoms with Crippen molar-refractivity contribution < 1.29 is 24.4 Å². The fourth-order valence-corrected chi connectivity index (χ4v) is 1.71. The molecule has 18 heavy (non-hydrogen) atoms. The molecule has 0 spiro atoms. The molecule has 0 amide bonds. The average molecular weight is 262 g/mol. The molecule has 4 atom stereocenters. The highest BCUT2D eigenvalue weighted by atomic mass is 19.1. The Kier molecular flexibility index (Phi) is 3.30. The van der Waals surface area contributed by atoms with E-state index in [4.69, 9.17) is 4.74 Å². The summed E-state index contributed by atoms with van der Waals surface area (Å²) in [4.78, 5) is 24.8. The van der Waals surface area contributed by atoms with Gasteiger partial charge < -0.3 is 25.0 Å². The van der Waals surface area contributed by atoms with Crippen LogP contribution in [-0.2, 0) is 4.74 Å². The summed E-state index contributed by atoms with van der Waals surface area (Å²) in [6, 6.07) is 0. The van der Waals surface area contributed by atoms with E-state index in [0.717, 1.165) is 0 Å². The Balaban J connectivity index is 2.47. The van der Waals surface area contributed by atoms with E-state index in [0.29, 0.717) is 10.8 Å². The molecule has 0 radical (unpaired) electrons. The van der Waals surface area contributed by atoms with E-state index < -0.39 is 48.2 Å². The zero-order valence-corrected chi connectivity index (χ0v) is 8.99. The second-order valence-electron chi connectivity index (χ2n) is 3.89. The Labute approximate surface area is 98.9 Å². The van der Waals surface area contributed by atoms with Crippen molar-refractivity contribution in [2.75, 3.05) is 6.61 Å². The smallest absolute Gasteiger partial charge is 0.330 e. The standard InChI is InChI=1S/C9H11FN2O6/c10-3-1-11-9(17)12(7(3)16)8-6(15)5(14)4(13)2-18-8/h1,4-6,8,13-15H,2H2,(H,11,17)/t4-,5-,6-,8?/m0/s1. The maximum atomic E-state index is 13.1. The first kappa shape index (κ1) is 12.9. The Morgan fingerprint density at radius 3 is 2.67 bits per heavy atom. The highest BCUT2D eigenvalue weighted by Crippen LogP contribution is 2.21. The molecule has 1 unspecified atom stereocenters. The molecule has 1 aromatic rings. The van der Waals surface area contributed by atoms with Gasteiger partial charge in [-0.15, -0.1) is 0 Å². The zero-order valence-electron chi connectivity index (χ0n) is 8.99. The van der Waals surface area contributed by atoms with Gasteiger partial charge in [0.1, 0.15) is 18.3 Å². The summed E-state index contributed by atoms with van der Waals surface area (Å²) in [7, 11) is 0. The third kappa shape index (κ3) is 1.97. The molecule has 1 aromatic heterocycles. The van der Waals surface area contributed by atoms with Crippen molar-refractivity contribution >= 4 is 0 Å². The van der Waals surface area contributed by atoms with Gasteiger partial charge in [0.05, 0.1) is 6.61 Å². The predicted molar refractivity (Wildman–Crippen MR) is 54.3 cm³/mol. The number of halogens is 1. The first-order valence-electron chi connectivity index (χ1n) is 5.09. The minimum Gasteiger partial charge on any atom is -0.388 e. The normalized spacial score (nSPS) is 32.4. The number of H-pyrrole nitrogens is 1. The summed E-state index contributed by atoms with van der Waals surface area (Å²) >= 11 is 0. The quantitative estimate of drug-likeness (QED) is 0.436. The van der Waals surface area contributed by atoms with Gasteiger partial charge in [0.2, 0.25) is 5.82 Å². The molecule has 8 nitrogen and oxygen atoms in total. The van der Waals surface area contributed by atoms with Crippen LogP contribution in [0, 0.1) is 5.82 Å². The van der Waals surface area contributed by atoms with Gasteiger partial charge in [-0.3, -0.25) is 4.79 Å². The zero-order chi connectivity index (χ0) is 13.4. The van der Waals surface area contributed by atoms with Crippen molar-refractivity contribution in [1.29, 1.82) is 0 Å². The fourth-order valence-electron chi connectivity index (χ4n) is 1.71. The maximum Gasteiger partial charge on any atom is 0.330 e. The van der Waals surface area contributed by atoms with Crippen molar-refractivity contribution in [3.8, 4) is 0 Å². The van der Waals surface area contributed by atoms with Crippen LogP contribution in [0.2, 0.25) is 0 Å². The second-order valence-corrected chi connectivity index (χ2v) is 3.89. The van der Waals surface area contributed by atoms with Crippen molar-refractivity contribution in [2.45, 2.75) is 24.5 Å². The predicted octanol–water partition coefficient (Wildman–Crippen LogP) is -2.71. The lowest BCUT2D eigenvalue weighted by Crippen LogP contribution is -2.55. The van der Waals surface area contributed by atoms with Crippen molar-refractivity contribution in [3.05, 3.63) is 32.9 Å². The van der Waals surface area contributed by atoms with Gasteiger partial charge in [-0.2, -0.15) is 4.39 Å². The maximum absolute atomic E-state index is 13.1. The van der Waals surface area contributed by atoms with Crippen LogP contribution < -0.4 is 11.2 Å². The van der Waals surface area contributed by atoms with Crippen LogP contribution >= 0.6 is 0 Å². The van der Waals surface area contributed by atoms with Gasteiger partial charge in [-0.05, 0) is 0 Å². The molecule has 0 bridgehead atoms. The molecule has 1 fully saturated rings. The molecule has 0 aliphatic carbocycles. The number of nitrogens with one attached hydrogen (secondary N) is 1. The second kappa shape index (κ2) is 4.61. The molecule has 4 N–H and O–H groups in total. The van der Waals surface area contributed by atoms with E-state index >= 15 is 0 Å². The lowest BCUT2D eigenvalue weighted by atomic mass is 10.0. The van der Waals surface area contributed by atoms with Gasteiger partial charge in [-0.1, -0.05) is 0 Å². The molecule has 0 saturated carbocycles. The Bertz CT molecular complexity index is 555. The molecule has 2 heterocycles. The van der Waals surface area contributed by atoms with Crippen LogP contribution in [0.3, 0.4) is 0 Å². The summed E-state index contributed by atoms with van der Waals surface area (Å²) in [5.41, 5.74) is -2.28. The van der Waals surface area contributed by atoms with Gasteiger partial charge in [0, 0.05) is 6.20 Å². The summed E-state index contributed by atoms with van der Waals surface area (Å²) in [6.45, 7) is -0.398. The molecule has 9 heteroatoms. The largest absolute Gasteiger partial charge is 0.388 e. The summed E-state index contributed by atoms with van der Waals surface area (Å²) in [5.74, 6) is -1.23. The Hall–Kier alpha value is -1.55. The number of aliphatic hydroxyl groups excluding tert-OH is 3. The third-order valence-electron chi connectivity index (χ3n) is 2.69. The number of aromatic amines is 1. The van der Waals surface area contributed by atoms with Gasteiger partial charge in [0.15, 0.2) is 6.23 Å². The van der Waals surface area contributed by atoms with E-state index in [1.54, 1.807) is 0 Å². The molecular weight excluding hydrogens is 251 g/mol. The van der Waals surface area contributed by atoms with Crippen molar-refractivity contribution in [2.24, 2.45) is 0 Å². The topological polar surface area (TPSA) is 125 Å². The van der Waals surface area contributed by atoms with Gasteiger partial charge in [0.25, 0.3) is 5.56 Å². The molecule has 2 rings (SSSR count). The molecule has 0 aromatic carbocycles. The minimum absolute atomic E-state index is 0.315. The monoisotopic (exact) mass is 262 g/mol. The SMILES string of the molecule is O=c1[nH]cc(F)c(=O)n1C1OC[C@H](O)[C@H](O)[C@@H]1O. The lowest BCUT2D eigenvalue weighted by Gasteiger charge is -2.35. The molecule has 100 valence electrons. The fraction of sp³-hybridized carbons (Fsp3) is 0.556. The van der Waals surface area contributed by atoms with Crippen LogP contribution in [-0.4, -0.2) is 49.8 Å². The number of aromatic nitrogens is 2. The van der Waals surface area contributed by atoms with Gasteiger partial charge in [-0.25, -0.2) is 9.36 Å². The number of rotatable bonds is 1. The first-order chi connectivity index (χ1) is 8.43. The van der Waals surface area contributed by atoms with E-state index in [1.165, 1.54) is 0 Å². The Morgan fingerprint density at radius 1 is 1.33 bits per heavy atom. The van der Waals surface area contributed by atoms with Crippen LogP contribution in [0.5, 0.6) is 0 Å². The molecule has 1 aliphatic rings. The van der Waals surface area contributed by atoms with Gasteiger partial charge >= 0.3 is 5.69 Å².